The van der Waals surface area contributed by atoms with E-state index >= 15 is 0 Å². The van der Waals surface area contributed by atoms with E-state index in [1.54, 1.807) is 11.1 Å². The van der Waals surface area contributed by atoms with E-state index < -0.39 is 17.2 Å². The van der Waals surface area contributed by atoms with Gasteiger partial charge in [-0.15, -0.1) is 0 Å². The first-order chi connectivity index (χ1) is 17.7. The number of rotatable bonds is 3. The Balaban J connectivity index is 1.50. The zero-order valence-electron chi connectivity index (χ0n) is 21.0. The molecule has 0 spiro atoms. The third-order valence-corrected chi connectivity index (χ3v) is 7.71. The number of anilines is 2. The number of imidazole rings is 1. The second kappa shape index (κ2) is 8.35. The fourth-order valence-corrected chi connectivity index (χ4v) is 6.12. The molecule has 3 heterocycles. The summed E-state index contributed by atoms with van der Waals surface area (Å²) < 4.78 is 2.05. The van der Waals surface area contributed by atoms with Crippen LogP contribution in [0.1, 0.15) is 45.6 Å². The van der Waals surface area contributed by atoms with Crippen molar-refractivity contribution < 1.29 is 9.90 Å². The van der Waals surface area contributed by atoms with Gasteiger partial charge in [-0.05, 0) is 69.9 Å². The maximum absolute atomic E-state index is 12.4. The van der Waals surface area contributed by atoms with Crippen LogP contribution in [0, 0.1) is 0 Å². The lowest BCUT2D eigenvalue weighted by molar-refractivity contribution is -0.0328. The van der Waals surface area contributed by atoms with E-state index in [2.05, 4.69) is 14.9 Å². The van der Waals surface area contributed by atoms with Crippen molar-refractivity contribution in [1.29, 1.82) is 0 Å². The van der Waals surface area contributed by atoms with Crippen LogP contribution < -0.4 is 5.32 Å². The van der Waals surface area contributed by atoms with Gasteiger partial charge < -0.3 is 10.4 Å². The highest BCUT2D eigenvalue weighted by Crippen LogP contribution is 2.50. The maximum Gasteiger partial charge on any atom is 0.408 e. The summed E-state index contributed by atoms with van der Waals surface area (Å²) in [4.78, 5) is 23.3. The molecule has 1 aliphatic heterocycles. The standard InChI is InChI=1S/C29H28ClN5O2/c1-28(2,3)35(27(36)37)29(15-7-16-29)19-13-11-18(12-14-19)23-24(30)33-26-20-8-4-5-9-21(20)32-25-22(34(23)26)10-6-17-31-25/h4-6,8-14,17H,7,15-16H2,1-3H3,(H,31,32)(H,36,37). The molecule has 2 aromatic heterocycles. The monoisotopic (exact) mass is 513 g/mol. The van der Waals surface area contributed by atoms with Gasteiger partial charge in [-0.1, -0.05) is 48.0 Å². The number of carboxylic acid groups (broad SMARTS) is 1. The van der Waals surface area contributed by atoms with Gasteiger partial charge in [0, 0.05) is 22.9 Å². The highest BCUT2D eigenvalue weighted by atomic mass is 35.5. The predicted molar refractivity (Wildman–Crippen MR) is 146 cm³/mol. The van der Waals surface area contributed by atoms with Crippen LogP contribution in [0.3, 0.4) is 0 Å². The Morgan fingerprint density at radius 3 is 2.46 bits per heavy atom. The summed E-state index contributed by atoms with van der Waals surface area (Å²) in [5.74, 6) is 1.45. The van der Waals surface area contributed by atoms with Crippen LogP contribution in [0.5, 0.6) is 0 Å². The second-order valence-electron chi connectivity index (χ2n) is 10.7. The second-order valence-corrected chi connectivity index (χ2v) is 11.1. The van der Waals surface area contributed by atoms with Crippen molar-refractivity contribution in [1.82, 2.24) is 19.4 Å². The molecule has 7 nitrogen and oxygen atoms in total. The molecule has 1 amide bonds. The Labute approximate surface area is 220 Å². The smallest absolute Gasteiger partial charge is 0.408 e. The number of pyridine rings is 1. The molecule has 6 rings (SSSR count). The number of hydrogen-bond donors (Lipinski definition) is 2. The molecule has 1 saturated carbocycles. The molecular weight excluding hydrogens is 486 g/mol. The van der Waals surface area contributed by atoms with E-state index in [0.717, 1.165) is 64.7 Å². The molecule has 0 atom stereocenters. The van der Waals surface area contributed by atoms with E-state index in [1.165, 1.54) is 0 Å². The van der Waals surface area contributed by atoms with E-state index in [-0.39, 0.29) is 0 Å². The topological polar surface area (TPSA) is 83.3 Å². The van der Waals surface area contributed by atoms with Crippen molar-refractivity contribution >= 4 is 29.2 Å². The highest BCUT2D eigenvalue weighted by Gasteiger charge is 2.50. The third kappa shape index (κ3) is 3.60. The van der Waals surface area contributed by atoms with Gasteiger partial charge in [0.2, 0.25) is 0 Å². The number of nitrogens with one attached hydrogen (secondary N) is 1. The zero-order chi connectivity index (χ0) is 25.9. The summed E-state index contributed by atoms with van der Waals surface area (Å²) in [5.41, 5.74) is 4.31. The van der Waals surface area contributed by atoms with Gasteiger partial charge in [-0.2, -0.15) is 0 Å². The number of hydrogen-bond acceptors (Lipinski definition) is 4. The van der Waals surface area contributed by atoms with Crippen molar-refractivity contribution in [2.24, 2.45) is 0 Å². The molecule has 0 saturated heterocycles. The van der Waals surface area contributed by atoms with Crippen LogP contribution in [0.4, 0.5) is 16.3 Å². The Hall–Kier alpha value is -3.84. The number of aromatic nitrogens is 3. The molecule has 37 heavy (non-hydrogen) atoms. The lowest BCUT2D eigenvalue weighted by atomic mass is 9.69. The van der Waals surface area contributed by atoms with Gasteiger partial charge in [0.1, 0.15) is 5.82 Å². The lowest BCUT2D eigenvalue weighted by Crippen LogP contribution is -2.60. The van der Waals surface area contributed by atoms with Crippen LogP contribution >= 0.6 is 11.6 Å². The minimum atomic E-state index is -0.893. The summed E-state index contributed by atoms with van der Waals surface area (Å²) in [5, 5.41) is 14.0. The fourth-order valence-electron chi connectivity index (χ4n) is 5.85. The molecule has 0 radical (unpaired) electrons. The largest absolute Gasteiger partial charge is 0.465 e. The van der Waals surface area contributed by atoms with E-state index in [0.29, 0.717) is 5.15 Å². The maximum atomic E-state index is 12.4. The summed E-state index contributed by atoms with van der Waals surface area (Å²) in [7, 11) is 0. The molecule has 8 heteroatoms. The quantitative estimate of drug-likeness (QED) is 0.261. The summed E-state index contributed by atoms with van der Waals surface area (Å²) in [6, 6.07) is 20.0. The van der Waals surface area contributed by atoms with Crippen molar-refractivity contribution in [2.75, 3.05) is 5.32 Å². The molecule has 2 aromatic carbocycles. The van der Waals surface area contributed by atoms with Gasteiger partial charge in [0.25, 0.3) is 0 Å². The van der Waals surface area contributed by atoms with Crippen LogP contribution in [-0.2, 0) is 5.54 Å². The molecule has 2 aliphatic rings. The van der Waals surface area contributed by atoms with E-state index in [9.17, 15) is 9.90 Å². The number of halogens is 1. The van der Waals surface area contributed by atoms with Crippen LogP contribution in [0.25, 0.3) is 28.3 Å². The van der Waals surface area contributed by atoms with Crippen molar-refractivity contribution in [3.05, 3.63) is 77.6 Å². The minimum absolute atomic E-state index is 0.398. The van der Waals surface area contributed by atoms with Crippen LogP contribution in [0.15, 0.2) is 66.9 Å². The SMILES string of the molecule is CC(C)(C)N(C(=O)O)C1(c2ccc(-c3c(Cl)nc4n3-c3cccnc3Nc3ccccc3-4)cc2)CCC1. The van der Waals surface area contributed by atoms with Gasteiger partial charge >= 0.3 is 6.09 Å². The van der Waals surface area contributed by atoms with Gasteiger partial charge in [-0.25, -0.2) is 14.8 Å². The molecule has 1 aliphatic carbocycles. The Kier molecular flexibility index (Phi) is 5.31. The molecular formula is C29H28ClN5O2. The van der Waals surface area contributed by atoms with Gasteiger partial charge in [-0.3, -0.25) is 9.47 Å². The first-order valence-corrected chi connectivity index (χ1v) is 12.8. The Bertz CT molecular complexity index is 1520. The Morgan fingerprint density at radius 1 is 1.08 bits per heavy atom. The van der Waals surface area contributed by atoms with Crippen molar-refractivity contribution in [3.63, 3.8) is 0 Å². The van der Waals surface area contributed by atoms with Crippen molar-refractivity contribution in [3.8, 4) is 28.3 Å². The van der Waals surface area contributed by atoms with Crippen LogP contribution in [0.2, 0.25) is 5.15 Å². The summed E-state index contributed by atoms with van der Waals surface area (Å²) in [6.07, 6.45) is 3.48. The molecule has 1 fully saturated rings. The average molecular weight is 514 g/mol. The normalized spacial score (nSPS) is 15.4. The van der Waals surface area contributed by atoms with Crippen molar-refractivity contribution in [2.45, 2.75) is 51.1 Å². The fraction of sp³-hybridized carbons (Fsp3) is 0.276. The lowest BCUT2D eigenvalue weighted by Gasteiger charge is -2.54. The van der Waals surface area contributed by atoms with E-state index in [1.807, 2.05) is 81.4 Å². The minimum Gasteiger partial charge on any atom is -0.465 e. The number of benzene rings is 2. The highest BCUT2D eigenvalue weighted by molar-refractivity contribution is 6.32. The molecule has 188 valence electrons. The molecule has 4 aromatic rings. The average Bonchev–Trinajstić information content (AvgIpc) is 3.11. The number of fused-ring (bicyclic) bond motifs is 5. The zero-order valence-corrected chi connectivity index (χ0v) is 21.8. The third-order valence-electron chi connectivity index (χ3n) is 7.45. The first kappa shape index (κ1) is 23.6. The molecule has 2 N–H and O–H groups in total. The predicted octanol–water partition coefficient (Wildman–Crippen LogP) is 7.47. The Morgan fingerprint density at radius 2 is 1.81 bits per heavy atom. The molecule has 0 unspecified atom stereocenters. The number of amides is 1. The number of carbonyl (C=O) groups is 1. The first-order valence-electron chi connectivity index (χ1n) is 12.4. The molecule has 0 bridgehead atoms. The van der Waals surface area contributed by atoms with E-state index in [4.69, 9.17) is 16.6 Å². The number of nitrogens with zero attached hydrogens (tertiary/aromatic N) is 4. The van der Waals surface area contributed by atoms with Crippen LogP contribution in [-0.4, -0.2) is 36.2 Å². The van der Waals surface area contributed by atoms with Gasteiger partial charge in [0.15, 0.2) is 11.0 Å². The number of para-hydroxylation sites is 1. The van der Waals surface area contributed by atoms with Gasteiger partial charge in [0.05, 0.1) is 22.6 Å². The summed E-state index contributed by atoms with van der Waals surface area (Å²) in [6.45, 7) is 5.86. The summed E-state index contributed by atoms with van der Waals surface area (Å²) >= 11 is 6.82.